The number of hydrogen-bond acceptors (Lipinski definition) is 2. The molecule has 1 aromatic carbocycles. The fourth-order valence-electron chi connectivity index (χ4n) is 1.72. The Labute approximate surface area is 104 Å². The van der Waals surface area contributed by atoms with Crippen LogP contribution in [0.15, 0.2) is 18.2 Å². The van der Waals surface area contributed by atoms with Gasteiger partial charge < -0.3 is 10.2 Å². The number of carboxylic acids is 1. The van der Waals surface area contributed by atoms with Crippen LogP contribution >= 0.6 is 11.6 Å². The van der Waals surface area contributed by atoms with Crippen molar-refractivity contribution >= 4 is 17.6 Å². The van der Waals surface area contributed by atoms with Gasteiger partial charge in [0.2, 0.25) is 0 Å². The van der Waals surface area contributed by atoms with E-state index in [9.17, 15) is 14.3 Å². The summed E-state index contributed by atoms with van der Waals surface area (Å²) in [5.41, 5.74) is -0.0458. The Morgan fingerprint density at radius 1 is 1.41 bits per heavy atom. The van der Waals surface area contributed by atoms with Crippen molar-refractivity contribution in [3.05, 3.63) is 34.6 Å². The fraction of sp³-hybridized carbons (Fsp3) is 0.417. The zero-order valence-corrected chi connectivity index (χ0v) is 10.3. The van der Waals surface area contributed by atoms with Crippen molar-refractivity contribution < 1.29 is 19.4 Å². The van der Waals surface area contributed by atoms with Crippen molar-refractivity contribution in [2.45, 2.75) is 20.0 Å². The van der Waals surface area contributed by atoms with E-state index in [2.05, 4.69) is 0 Å². The third-order valence-corrected chi connectivity index (χ3v) is 2.86. The molecule has 94 valence electrons. The highest BCUT2D eigenvalue weighted by atomic mass is 35.5. The van der Waals surface area contributed by atoms with E-state index in [1.54, 1.807) is 13.8 Å². The van der Waals surface area contributed by atoms with E-state index >= 15 is 0 Å². The van der Waals surface area contributed by atoms with Gasteiger partial charge in [-0.25, -0.2) is 4.39 Å². The van der Waals surface area contributed by atoms with Gasteiger partial charge in [0.25, 0.3) is 0 Å². The number of benzene rings is 1. The summed E-state index contributed by atoms with van der Waals surface area (Å²) in [7, 11) is 0. The van der Waals surface area contributed by atoms with Crippen molar-refractivity contribution in [3.63, 3.8) is 0 Å². The van der Waals surface area contributed by atoms with Gasteiger partial charge in [0, 0.05) is 10.6 Å². The first-order valence-corrected chi connectivity index (χ1v) is 5.58. The van der Waals surface area contributed by atoms with Crippen molar-refractivity contribution in [2.24, 2.45) is 11.8 Å². The molecule has 5 heteroatoms. The van der Waals surface area contributed by atoms with E-state index in [4.69, 9.17) is 16.7 Å². The Bertz CT molecular complexity index is 420. The van der Waals surface area contributed by atoms with Gasteiger partial charge in [-0.15, -0.1) is 0 Å². The highest BCUT2D eigenvalue weighted by Crippen LogP contribution is 2.30. The molecule has 0 saturated heterocycles. The lowest BCUT2D eigenvalue weighted by atomic mass is 9.86. The lowest BCUT2D eigenvalue weighted by Gasteiger charge is -2.23. The maximum atomic E-state index is 13.6. The van der Waals surface area contributed by atoms with Crippen LogP contribution in [0, 0.1) is 17.7 Å². The summed E-state index contributed by atoms with van der Waals surface area (Å²) >= 11 is 5.59. The Hall–Kier alpha value is -1.13. The quantitative estimate of drug-likeness (QED) is 0.875. The molecule has 0 amide bonds. The molecular formula is C12H14ClFO3. The summed E-state index contributed by atoms with van der Waals surface area (Å²) < 4.78 is 13.6. The normalized spacial score (nSPS) is 14.7. The number of aliphatic carboxylic acids is 1. The van der Waals surface area contributed by atoms with E-state index in [1.165, 1.54) is 12.1 Å². The molecular weight excluding hydrogens is 247 g/mol. The first-order valence-electron chi connectivity index (χ1n) is 5.20. The number of carboxylic acid groups (broad SMARTS) is 1. The predicted octanol–water partition coefficient (Wildman–Crippen LogP) is 2.87. The maximum Gasteiger partial charge on any atom is 0.309 e. The van der Waals surface area contributed by atoms with Gasteiger partial charge >= 0.3 is 5.97 Å². The van der Waals surface area contributed by atoms with Gasteiger partial charge in [-0.3, -0.25) is 4.79 Å². The van der Waals surface area contributed by atoms with E-state index < -0.39 is 23.8 Å². The minimum Gasteiger partial charge on any atom is -0.481 e. The second-order valence-corrected chi connectivity index (χ2v) is 4.66. The minimum absolute atomic E-state index is 0.0458. The summed E-state index contributed by atoms with van der Waals surface area (Å²) in [6.45, 7) is 3.33. The Morgan fingerprint density at radius 2 is 2.00 bits per heavy atom. The highest BCUT2D eigenvalue weighted by Gasteiger charge is 2.32. The summed E-state index contributed by atoms with van der Waals surface area (Å²) in [6, 6.07) is 3.78. The van der Waals surface area contributed by atoms with E-state index in [0.717, 1.165) is 6.07 Å². The Balaban J connectivity index is 3.09. The largest absolute Gasteiger partial charge is 0.481 e. The van der Waals surface area contributed by atoms with E-state index in [1.807, 2.05) is 0 Å². The summed E-state index contributed by atoms with van der Waals surface area (Å²) in [5, 5.41) is 19.1. The molecule has 17 heavy (non-hydrogen) atoms. The molecule has 2 N–H and O–H groups in total. The lowest BCUT2D eigenvalue weighted by Crippen LogP contribution is -2.27. The molecule has 1 rings (SSSR count). The maximum absolute atomic E-state index is 13.6. The molecule has 0 aromatic heterocycles. The van der Waals surface area contributed by atoms with Crippen molar-refractivity contribution in [1.82, 2.24) is 0 Å². The number of hydrogen-bond donors (Lipinski definition) is 2. The van der Waals surface area contributed by atoms with Crippen molar-refractivity contribution in [2.75, 3.05) is 0 Å². The molecule has 1 aromatic rings. The second-order valence-electron chi connectivity index (χ2n) is 4.22. The molecule has 0 radical (unpaired) electrons. The average Bonchev–Trinajstić information content (AvgIpc) is 2.15. The van der Waals surface area contributed by atoms with E-state index in [0.29, 0.717) is 0 Å². The number of halogens is 2. The third-order valence-electron chi connectivity index (χ3n) is 2.62. The molecule has 0 spiro atoms. The molecule has 2 unspecified atom stereocenters. The highest BCUT2D eigenvalue weighted by molar-refractivity contribution is 6.30. The standard InChI is InChI=1S/C12H14ClFO3/c1-6(2)10(12(16)17)11(15)8-4-3-7(13)5-9(8)14/h3-6,10-11,15H,1-2H3,(H,16,17). The lowest BCUT2D eigenvalue weighted by molar-refractivity contribution is -0.148. The summed E-state index contributed by atoms with van der Waals surface area (Å²) in [5.74, 6) is -3.21. The summed E-state index contributed by atoms with van der Waals surface area (Å²) in [6.07, 6.45) is -1.38. The van der Waals surface area contributed by atoms with Crippen LogP contribution in [0.1, 0.15) is 25.5 Å². The van der Waals surface area contributed by atoms with Crippen LogP contribution in [0.3, 0.4) is 0 Å². The monoisotopic (exact) mass is 260 g/mol. The molecule has 0 aliphatic heterocycles. The van der Waals surface area contributed by atoms with Crippen LogP contribution in [0.2, 0.25) is 5.02 Å². The van der Waals surface area contributed by atoms with Crippen molar-refractivity contribution in [1.29, 1.82) is 0 Å². The van der Waals surface area contributed by atoms with Gasteiger partial charge in [0.05, 0.1) is 12.0 Å². The molecule has 3 nitrogen and oxygen atoms in total. The minimum atomic E-state index is -1.38. The van der Waals surface area contributed by atoms with Crippen LogP contribution in [0.5, 0.6) is 0 Å². The molecule has 0 bridgehead atoms. The zero-order valence-electron chi connectivity index (χ0n) is 9.52. The van der Waals surface area contributed by atoms with Crippen LogP contribution in [0.4, 0.5) is 4.39 Å². The smallest absolute Gasteiger partial charge is 0.309 e. The van der Waals surface area contributed by atoms with Crippen LogP contribution in [-0.4, -0.2) is 16.2 Å². The zero-order chi connectivity index (χ0) is 13.2. The molecule has 0 aliphatic rings. The Morgan fingerprint density at radius 3 is 2.41 bits per heavy atom. The number of rotatable bonds is 4. The number of aliphatic hydroxyl groups is 1. The van der Waals surface area contributed by atoms with Gasteiger partial charge in [-0.05, 0) is 18.1 Å². The summed E-state index contributed by atoms with van der Waals surface area (Å²) in [4.78, 5) is 11.0. The SMILES string of the molecule is CC(C)C(C(=O)O)C(O)c1ccc(Cl)cc1F. The fourth-order valence-corrected chi connectivity index (χ4v) is 1.88. The van der Waals surface area contributed by atoms with Crippen LogP contribution in [-0.2, 0) is 4.79 Å². The van der Waals surface area contributed by atoms with Gasteiger partial charge in [-0.1, -0.05) is 31.5 Å². The van der Waals surface area contributed by atoms with Gasteiger partial charge in [0.1, 0.15) is 5.82 Å². The van der Waals surface area contributed by atoms with E-state index in [-0.39, 0.29) is 16.5 Å². The molecule has 0 fully saturated rings. The number of aliphatic hydroxyl groups excluding tert-OH is 1. The molecule has 0 heterocycles. The van der Waals surface area contributed by atoms with Crippen molar-refractivity contribution in [3.8, 4) is 0 Å². The van der Waals surface area contributed by atoms with Crippen LogP contribution in [0.25, 0.3) is 0 Å². The molecule has 0 saturated carbocycles. The second kappa shape index (κ2) is 5.47. The van der Waals surface area contributed by atoms with Gasteiger partial charge in [0.15, 0.2) is 0 Å². The third kappa shape index (κ3) is 3.17. The van der Waals surface area contributed by atoms with Crippen LogP contribution < -0.4 is 0 Å². The number of carbonyl (C=O) groups is 1. The first kappa shape index (κ1) is 13.9. The molecule has 0 aliphatic carbocycles. The van der Waals surface area contributed by atoms with Gasteiger partial charge in [-0.2, -0.15) is 0 Å². The Kier molecular flexibility index (Phi) is 4.48. The predicted molar refractivity (Wildman–Crippen MR) is 62.3 cm³/mol. The average molecular weight is 261 g/mol. The first-order chi connectivity index (χ1) is 7.84. The topological polar surface area (TPSA) is 57.5 Å². The molecule has 2 atom stereocenters.